The summed E-state index contributed by atoms with van der Waals surface area (Å²) >= 11 is 3.40. The lowest BCUT2D eigenvalue weighted by molar-refractivity contribution is 0.0628. The topological polar surface area (TPSA) is 64.1 Å². The largest absolute Gasteiger partial charge is 0.454 e. The van der Waals surface area contributed by atoms with E-state index in [0.29, 0.717) is 30.3 Å². The lowest BCUT2D eigenvalue weighted by Gasteiger charge is -2.34. The molecule has 8 heteroatoms. The van der Waals surface area contributed by atoms with Gasteiger partial charge < -0.3 is 19.1 Å². The zero-order valence-electron chi connectivity index (χ0n) is 17.4. The quantitative estimate of drug-likeness (QED) is 0.525. The molecule has 0 spiro atoms. The number of hydrogen-bond acceptors (Lipinski definition) is 6. The number of fused-ring (bicyclic) bond motifs is 1. The van der Waals surface area contributed by atoms with Crippen LogP contribution in [-0.2, 0) is 6.54 Å². The number of piperazine rings is 1. The Morgan fingerprint density at radius 2 is 1.75 bits per heavy atom. The molecule has 0 radical (unpaired) electrons. The first-order valence-electron chi connectivity index (χ1n) is 10.4. The second-order valence-electron chi connectivity index (χ2n) is 7.70. The number of amides is 1. The highest BCUT2D eigenvalue weighted by Gasteiger charge is 2.23. The number of nitrogens with zero attached hydrogens (tertiary/aromatic N) is 3. The Morgan fingerprint density at radius 3 is 2.50 bits per heavy atom. The molecular formula is C24H22BrN3O4. The molecule has 32 heavy (non-hydrogen) atoms. The van der Waals surface area contributed by atoms with Crippen LogP contribution in [-0.4, -0.2) is 53.7 Å². The van der Waals surface area contributed by atoms with Crippen molar-refractivity contribution in [3.8, 4) is 23.1 Å². The number of halogens is 1. The molecule has 0 aliphatic carbocycles. The smallest absolute Gasteiger partial charge is 0.255 e. The SMILES string of the molecule is O=C(c1ccc(Oc2ccc(Br)cc2)nc1)N1CCN(Cc2ccc3c(c2)OCO3)CC1. The third-order valence-corrected chi connectivity index (χ3v) is 6.05. The Kier molecular flexibility index (Phi) is 5.96. The van der Waals surface area contributed by atoms with Crippen LogP contribution in [0.1, 0.15) is 15.9 Å². The van der Waals surface area contributed by atoms with Gasteiger partial charge >= 0.3 is 0 Å². The van der Waals surface area contributed by atoms with E-state index in [1.165, 1.54) is 5.56 Å². The van der Waals surface area contributed by atoms with Gasteiger partial charge in [0.2, 0.25) is 12.7 Å². The summed E-state index contributed by atoms with van der Waals surface area (Å²) in [6, 6.07) is 17.1. The first kappa shape index (κ1) is 20.8. The van der Waals surface area contributed by atoms with Crippen LogP contribution in [0.4, 0.5) is 0 Å². The molecule has 0 bridgehead atoms. The maximum absolute atomic E-state index is 12.9. The fourth-order valence-corrected chi connectivity index (χ4v) is 4.04. The van der Waals surface area contributed by atoms with Gasteiger partial charge in [-0.25, -0.2) is 4.98 Å². The fraction of sp³-hybridized carbons (Fsp3) is 0.250. The monoisotopic (exact) mass is 495 g/mol. The first-order chi connectivity index (χ1) is 15.6. The third kappa shape index (κ3) is 4.71. The summed E-state index contributed by atoms with van der Waals surface area (Å²) in [6.07, 6.45) is 1.58. The molecule has 3 aromatic rings. The van der Waals surface area contributed by atoms with E-state index in [9.17, 15) is 4.79 Å². The van der Waals surface area contributed by atoms with E-state index < -0.39 is 0 Å². The molecule has 1 fully saturated rings. The van der Waals surface area contributed by atoms with E-state index in [-0.39, 0.29) is 12.7 Å². The van der Waals surface area contributed by atoms with E-state index in [1.54, 1.807) is 18.3 Å². The predicted octanol–water partition coefficient (Wildman–Crippen LogP) is 4.32. The molecule has 0 unspecified atom stereocenters. The number of pyridine rings is 1. The predicted molar refractivity (Wildman–Crippen MR) is 122 cm³/mol. The number of carbonyl (C=O) groups excluding carboxylic acids is 1. The second-order valence-corrected chi connectivity index (χ2v) is 8.61. The summed E-state index contributed by atoms with van der Waals surface area (Å²) in [6.45, 7) is 4.10. The standard InChI is InChI=1S/C24H22BrN3O4/c25-19-3-5-20(6-4-19)32-23-8-2-18(14-26-23)24(29)28-11-9-27(10-12-28)15-17-1-7-21-22(13-17)31-16-30-21/h1-8,13-14H,9-12,15-16H2. The molecule has 7 nitrogen and oxygen atoms in total. The minimum atomic E-state index is -0.00424. The Labute approximate surface area is 194 Å². The molecule has 2 aromatic carbocycles. The maximum Gasteiger partial charge on any atom is 0.255 e. The highest BCUT2D eigenvalue weighted by Crippen LogP contribution is 2.33. The van der Waals surface area contributed by atoms with E-state index in [2.05, 4.69) is 31.9 Å². The van der Waals surface area contributed by atoms with Gasteiger partial charge in [-0.15, -0.1) is 0 Å². The number of rotatable bonds is 5. The van der Waals surface area contributed by atoms with Gasteiger partial charge in [-0.3, -0.25) is 9.69 Å². The second kappa shape index (κ2) is 9.18. The van der Waals surface area contributed by atoms with Crippen LogP contribution in [0.5, 0.6) is 23.1 Å². The zero-order valence-corrected chi connectivity index (χ0v) is 19.0. The maximum atomic E-state index is 12.9. The summed E-state index contributed by atoms with van der Waals surface area (Å²) in [4.78, 5) is 21.4. The van der Waals surface area contributed by atoms with E-state index in [0.717, 1.165) is 35.6 Å². The Morgan fingerprint density at radius 1 is 0.969 bits per heavy atom. The molecule has 2 aliphatic rings. The van der Waals surface area contributed by atoms with E-state index in [4.69, 9.17) is 14.2 Å². The lowest BCUT2D eigenvalue weighted by atomic mass is 10.1. The molecule has 0 atom stereocenters. The Bertz CT molecular complexity index is 1100. The van der Waals surface area contributed by atoms with Crippen LogP contribution in [0.2, 0.25) is 0 Å². The zero-order chi connectivity index (χ0) is 21.9. The van der Waals surface area contributed by atoms with Gasteiger partial charge in [-0.2, -0.15) is 0 Å². The highest BCUT2D eigenvalue weighted by atomic mass is 79.9. The van der Waals surface area contributed by atoms with E-state index in [1.807, 2.05) is 41.3 Å². The van der Waals surface area contributed by atoms with Gasteiger partial charge in [-0.1, -0.05) is 22.0 Å². The summed E-state index contributed by atoms with van der Waals surface area (Å²) in [7, 11) is 0. The average molecular weight is 496 g/mol. The van der Waals surface area contributed by atoms with Crippen molar-refractivity contribution >= 4 is 21.8 Å². The minimum Gasteiger partial charge on any atom is -0.454 e. The number of benzene rings is 2. The highest BCUT2D eigenvalue weighted by molar-refractivity contribution is 9.10. The van der Waals surface area contributed by atoms with Gasteiger partial charge in [0.05, 0.1) is 5.56 Å². The Balaban J connectivity index is 1.14. The molecule has 1 aromatic heterocycles. The van der Waals surface area contributed by atoms with Crippen molar-refractivity contribution < 1.29 is 19.0 Å². The van der Waals surface area contributed by atoms with Crippen molar-refractivity contribution in [1.82, 2.24) is 14.8 Å². The van der Waals surface area contributed by atoms with Crippen molar-refractivity contribution in [2.45, 2.75) is 6.54 Å². The normalized spacial score (nSPS) is 15.6. The number of carbonyl (C=O) groups is 1. The van der Waals surface area contributed by atoms with Gasteiger partial charge in [0.15, 0.2) is 11.5 Å². The van der Waals surface area contributed by atoms with Gasteiger partial charge in [-0.05, 0) is 48.0 Å². The van der Waals surface area contributed by atoms with Crippen molar-refractivity contribution in [2.75, 3.05) is 33.0 Å². The van der Waals surface area contributed by atoms with Gasteiger partial charge in [0.25, 0.3) is 5.91 Å². The third-order valence-electron chi connectivity index (χ3n) is 5.52. The molecular weight excluding hydrogens is 474 g/mol. The molecule has 0 N–H and O–H groups in total. The summed E-state index contributed by atoms with van der Waals surface area (Å²) in [5.74, 6) is 2.74. The fourth-order valence-electron chi connectivity index (χ4n) is 3.78. The lowest BCUT2D eigenvalue weighted by Crippen LogP contribution is -2.48. The van der Waals surface area contributed by atoms with Crippen LogP contribution in [0.15, 0.2) is 65.3 Å². The van der Waals surface area contributed by atoms with Crippen LogP contribution in [0, 0.1) is 0 Å². The van der Waals surface area contributed by atoms with Crippen LogP contribution in [0.25, 0.3) is 0 Å². The molecule has 0 saturated carbocycles. The summed E-state index contributed by atoms with van der Waals surface area (Å²) < 4.78 is 17.5. The van der Waals surface area contributed by atoms with Crippen molar-refractivity contribution in [3.05, 3.63) is 76.4 Å². The van der Waals surface area contributed by atoms with Crippen LogP contribution < -0.4 is 14.2 Å². The van der Waals surface area contributed by atoms with Crippen molar-refractivity contribution in [2.24, 2.45) is 0 Å². The summed E-state index contributed by atoms with van der Waals surface area (Å²) in [5, 5.41) is 0. The van der Waals surface area contributed by atoms with Crippen LogP contribution in [0.3, 0.4) is 0 Å². The number of hydrogen-bond donors (Lipinski definition) is 0. The van der Waals surface area contributed by atoms with Crippen molar-refractivity contribution in [3.63, 3.8) is 0 Å². The summed E-state index contributed by atoms with van der Waals surface area (Å²) in [5.41, 5.74) is 1.75. The number of aromatic nitrogens is 1. The van der Waals surface area contributed by atoms with Crippen LogP contribution >= 0.6 is 15.9 Å². The number of ether oxygens (including phenoxy) is 3. The Hall–Kier alpha value is -3.10. The van der Waals surface area contributed by atoms with E-state index >= 15 is 0 Å². The molecule has 1 saturated heterocycles. The molecule has 3 heterocycles. The molecule has 5 rings (SSSR count). The first-order valence-corrected chi connectivity index (χ1v) is 11.2. The molecule has 1 amide bonds. The molecule has 2 aliphatic heterocycles. The molecule has 164 valence electrons. The average Bonchev–Trinajstić information content (AvgIpc) is 3.29. The van der Waals surface area contributed by atoms with Crippen molar-refractivity contribution in [1.29, 1.82) is 0 Å². The van der Waals surface area contributed by atoms with Gasteiger partial charge in [0.1, 0.15) is 5.75 Å². The minimum absolute atomic E-state index is 0.00424. The van der Waals surface area contributed by atoms with Gasteiger partial charge in [0, 0.05) is 49.5 Å².